The van der Waals surface area contributed by atoms with E-state index in [1.165, 1.54) is 4.88 Å². The van der Waals surface area contributed by atoms with Crippen molar-refractivity contribution in [2.75, 3.05) is 18.1 Å². The van der Waals surface area contributed by atoms with E-state index in [1.54, 1.807) is 18.3 Å². The summed E-state index contributed by atoms with van der Waals surface area (Å²) in [6.07, 6.45) is 2.62. The van der Waals surface area contributed by atoms with E-state index in [4.69, 9.17) is 0 Å². The molecular formula is C14H26N2O2S2. The maximum atomic E-state index is 11.6. The summed E-state index contributed by atoms with van der Waals surface area (Å²) in [5, 5.41) is 4.59. The van der Waals surface area contributed by atoms with Crippen LogP contribution in [0.3, 0.4) is 0 Å². The van der Waals surface area contributed by atoms with E-state index >= 15 is 0 Å². The van der Waals surface area contributed by atoms with Crippen LogP contribution in [0, 0.1) is 13.8 Å². The summed E-state index contributed by atoms with van der Waals surface area (Å²) in [5.41, 5.74) is 1.07. The van der Waals surface area contributed by atoms with Crippen LogP contribution in [0.4, 0.5) is 0 Å². The highest BCUT2D eigenvalue weighted by Gasteiger charge is 2.18. The van der Waals surface area contributed by atoms with Gasteiger partial charge in [0.05, 0.1) is 16.5 Å². The van der Waals surface area contributed by atoms with Gasteiger partial charge in [-0.05, 0) is 39.7 Å². The maximum Gasteiger partial charge on any atom is 0.150 e. The first-order chi connectivity index (χ1) is 9.39. The third kappa shape index (κ3) is 5.50. The lowest BCUT2D eigenvalue weighted by atomic mass is 10.1. The number of thiazole rings is 1. The lowest BCUT2D eigenvalue weighted by Crippen LogP contribution is -2.23. The Morgan fingerprint density at radius 3 is 2.50 bits per heavy atom. The number of hydrogen-bond donors (Lipinski definition) is 1. The molecule has 1 N–H and O–H groups in total. The molecule has 1 heterocycles. The van der Waals surface area contributed by atoms with Crippen LogP contribution in [0.1, 0.15) is 54.7 Å². The Kier molecular flexibility index (Phi) is 7.12. The first kappa shape index (κ1) is 17.6. The minimum Gasteiger partial charge on any atom is -0.309 e. The Morgan fingerprint density at radius 2 is 2.00 bits per heavy atom. The van der Waals surface area contributed by atoms with Gasteiger partial charge in [0.1, 0.15) is 9.84 Å². The second kappa shape index (κ2) is 8.10. The summed E-state index contributed by atoms with van der Waals surface area (Å²) in [4.78, 5) is 5.73. The zero-order valence-electron chi connectivity index (χ0n) is 12.9. The summed E-state index contributed by atoms with van der Waals surface area (Å²) >= 11 is 1.71. The number of nitrogens with one attached hydrogen (secondary N) is 1. The third-order valence-corrected chi connectivity index (χ3v) is 6.26. The number of sulfone groups is 1. The van der Waals surface area contributed by atoms with Gasteiger partial charge in [-0.2, -0.15) is 0 Å². The van der Waals surface area contributed by atoms with Crippen molar-refractivity contribution in [2.24, 2.45) is 0 Å². The molecule has 20 heavy (non-hydrogen) atoms. The quantitative estimate of drug-likeness (QED) is 0.760. The minimum absolute atomic E-state index is 0.230. The zero-order chi connectivity index (χ0) is 15.2. The molecule has 0 saturated carbocycles. The van der Waals surface area contributed by atoms with Gasteiger partial charge in [0.25, 0.3) is 0 Å². The fourth-order valence-corrected chi connectivity index (χ4v) is 4.10. The molecule has 0 aromatic carbocycles. The summed E-state index contributed by atoms with van der Waals surface area (Å²) in [6, 6.07) is 0.230. The van der Waals surface area contributed by atoms with E-state index in [1.807, 2.05) is 13.8 Å². The molecular weight excluding hydrogens is 292 g/mol. The number of aromatic nitrogens is 1. The topological polar surface area (TPSA) is 59.1 Å². The predicted octanol–water partition coefficient (Wildman–Crippen LogP) is 3.02. The molecule has 0 amide bonds. The first-order valence-corrected chi connectivity index (χ1v) is 9.91. The van der Waals surface area contributed by atoms with Crippen molar-refractivity contribution in [2.45, 2.75) is 53.0 Å². The molecule has 1 atom stereocenters. The van der Waals surface area contributed by atoms with E-state index in [0.717, 1.165) is 30.1 Å². The molecule has 0 aliphatic heterocycles. The van der Waals surface area contributed by atoms with Gasteiger partial charge in [-0.3, -0.25) is 0 Å². The Morgan fingerprint density at radius 1 is 1.30 bits per heavy atom. The van der Waals surface area contributed by atoms with Crippen molar-refractivity contribution < 1.29 is 8.42 Å². The van der Waals surface area contributed by atoms with Gasteiger partial charge in [0.15, 0.2) is 0 Å². The molecule has 0 bridgehead atoms. The van der Waals surface area contributed by atoms with Gasteiger partial charge in [-0.25, -0.2) is 13.4 Å². The fraction of sp³-hybridized carbons (Fsp3) is 0.786. The molecule has 6 heteroatoms. The van der Waals surface area contributed by atoms with Gasteiger partial charge in [-0.15, -0.1) is 11.3 Å². The smallest absolute Gasteiger partial charge is 0.150 e. The van der Waals surface area contributed by atoms with Gasteiger partial charge >= 0.3 is 0 Å². The van der Waals surface area contributed by atoms with Crippen molar-refractivity contribution in [3.63, 3.8) is 0 Å². The van der Waals surface area contributed by atoms with Crippen molar-refractivity contribution in [3.8, 4) is 0 Å². The number of hydrogen-bond acceptors (Lipinski definition) is 5. The molecule has 4 nitrogen and oxygen atoms in total. The van der Waals surface area contributed by atoms with Crippen molar-refractivity contribution in [3.05, 3.63) is 15.6 Å². The molecule has 0 saturated heterocycles. The fourth-order valence-electron chi connectivity index (χ4n) is 2.17. The molecule has 116 valence electrons. The van der Waals surface area contributed by atoms with E-state index in [2.05, 4.69) is 17.2 Å². The molecule has 1 aromatic heterocycles. The Hall–Kier alpha value is -0.460. The normalized spacial score (nSPS) is 13.6. The highest BCUT2D eigenvalue weighted by atomic mass is 32.2. The summed E-state index contributed by atoms with van der Waals surface area (Å²) in [5.74, 6) is 0.517. The largest absolute Gasteiger partial charge is 0.309 e. The first-order valence-electron chi connectivity index (χ1n) is 7.27. The monoisotopic (exact) mass is 318 g/mol. The van der Waals surface area contributed by atoms with Crippen molar-refractivity contribution >= 4 is 21.2 Å². The second-order valence-electron chi connectivity index (χ2n) is 5.07. The van der Waals surface area contributed by atoms with Gasteiger partial charge in [0.2, 0.25) is 0 Å². The van der Waals surface area contributed by atoms with Crippen LogP contribution in [0.25, 0.3) is 0 Å². The van der Waals surface area contributed by atoms with Crippen LogP contribution in [0.5, 0.6) is 0 Å². The summed E-state index contributed by atoms with van der Waals surface area (Å²) in [6.45, 7) is 8.83. The number of aryl methyl sites for hydroxylation is 2. The highest BCUT2D eigenvalue weighted by molar-refractivity contribution is 7.91. The van der Waals surface area contributed by atoms with Crippen LogP contribution in [0.15, 0.2) is 0 Å². The molecule has 1 aromatic rings. The lowest BCUT2D eigenvalue weighted by molar-refractivity contribution is 0.496. The van der Waals surface area contributed by atoms with E-state index < -0.39 is 9.84 Å². The second-order valence-corrected chi connectivity index (χ2v) is 8.78. The SMILES string of the molecule is CCCNC(CCCS(=O)(=O)CC)c1sc(C)nc1C. The molecule has 1 rings (SSSR count). The highest BCUT2D eigenvalue weighted by Crippen LogP contribution is 2.28. The van der Waals surface area contributed by atoms with Gasteiger partial charge < -0.3 is 5.32 Å². The van der Waals surface area contributed by atoms with E-state index in [9.17, 15) is 8.42 Å². The third-order valence-electron chi connectivity index (χ3n) is 3.28. The van der Waals surface area contributed by atoms with E-state index in [0.29, 0.717) is 6.42 Å². The van der Waals surface area contributed by atoms with Gasteiger partial charge in [-0.1, -0.05) is 13.8 Å². The molecule has 0 spiro atoms. The maximum absolute atomic E-state index is 11.6. The molecule has 0 aliphatic carbocycles. The number of nitrogens with zero attached hydrogens (tertiary/aromatic N) is 1. The predicted molar refractivity (Wildman–Crippen MR) is 86.2 cm³/mol. The molecule has 0 aliphatic rings. The van der Waals surface area contributed by atoms with E-state index in [-0.39, 0.29) is 17.5 Å². The van der Waals surface area contributed by atoms with Crippen LogP contribution < -0.4 is 5.32 Å². The average Bonchev–Trinajstić information content (AvgIpc) is 2.72. The Labute approximate surface area is 126 Å². The summed E-state index contributed by atoms with van der Waals surface area (Å²) < 4.78 is 23.1. The molecule has 0 radical (unpaired) electrons. The Bertz CT molecular complexity index is 509. The number of rotatable bonds is 9. The molecule has 1 unspecified atom stereocenters. The standard InChI is InChI=1S/C14H26N2O2S2/c1-5-9-15-13(8-7-10-20(17,18)6-2)14-11(3)16-12(4)19-14/h13,15H,5-10H2,1-4H3. The zero-order valence-corrected chi connectivity index (χ0v) is 14.5. The van der Waals surface area contributed by atoms with Crippen LogP contribution >= 0.6 is 11.3 Å². The van der Waals surface area contributed by atoms with Crippen LogP contribution in [0.2, 0.25) is 0 Å². The van der Waals surface area contributed by atoms with Crippen LogP contribution in [-0.4, -0.2) is 31.5 Å². The minimum atomic E-state index is -2.86. The average molecular weight is 319 g/mol. The van der Waals surface area contributed by atoms with Gasteiger partial charge in [0, 0.05) is 16.7 Å². The Balaban J connectivity index is 2.68. The van der Waals surface area contributed by atoms with Crippen molar-refractivity contribution in [1.29, 1.82) is 0 Å². The van der Waals surface area contributed by atoms with Crippen LogP contribution in [-0.2, 0) is 9.84 Å². The summed E-state index contributed by atoms with van der Waals surface area (Å²) in [7, 11) is -2.86. The lowest BCUT2D eigenvalue weighted by Gasteiger charge is -2.17. The molecule has 0 fully saturated rings. The van der Waals surface area contributed by atoms with Crippen molar-refractivity contribution in [1.82, 2.24) is 10.3 Å².